The highest BCUT2D eigenvalue weighted by atomic mass is 19.1. The monoisotopic (exact) mass is 250 g/mol. The molecule has 96 valence electrons. The Bertz CT molecular complexity index is 469. The fourth-order valence-electron chi connectivity index (χ4n) is 2.30. The van der Waals surface area contributed by atoms with Gasteiger partial charge in [-0.05, 0) is 55.5 Å². The summed E-state index contributed by atoms with van der Waals surface area (Å²) in [6, 6.07) is 3.21. The first kappa shape index (κ1) is 12.9. The van der Waals surface area contributed by atoms with Crippen LogP contribution in [0.2, 0.25) is 0 Å². The number of allylic oxidation sites excluding steroid dienone is 2. The van der Waals surface area contributed by atoms with Crippen molar-refractivity contribution in [3.05, 3.63) is 47.0 Å². The largest absolute Gasteiger partial charge is 0.294 e. The number of carbonyl (C=O) groups is 1. The summed E-state index contributed by atoms with van der Waals surface area (Å²) >= 11 is 0. The molecule has 0 aliphatic heterocycles. The molecule has 1 aromatic carbocycles. The lowest BCUT2D eigenvalue weighted by atomic mass is 9.93. The minimum atomic E-state index is -0.521. The predicted octanol–water partition coefficient (Wildman–Crippen LogP) is 3.97. The smallest absolute Gasteiger partial charge is 0.160 e. The highest BCUT2D eigenvalue weighted by molar-refractivity contribution is 5.92. The molecule has 1 fully saturated rings. The molecule has 3 heteroatoms. The molecule has 2 rings (SSSR count). The average molecular weight is 250 g/mol. The highest BCUT2D eigenvalue weighted by Crippen LogP contribution is 2.23. The molecule has 1 saturated carbocycles. The Morgan fingerprint density at radius 3 is 2.61 bits per heavy atom. The Kier molecular flexibility index (Phi) is 4.24. The molecule has 0 amide bonds. The molecule has 0 spiro atoms. The van der Waals surface area contributed by atoms with E-state index in [-0.39, 0.29) is 17.8 Å². The van der Waals surface area contributed by atoms with Gasteiger partial charge in [0, 0.05) is 6.42 Å². The molecule has 0 radical (unpaired) electrons. The minimum absolute atomic E-state index is 0.0624. The molecule has 1 aromatic rings. The maximum Gasteiger partial charge on any atom is 0.160 e. The molecular weight excluding hydrogens is 234 g/mol. The topological polar surface area (TPSA) is 17.1 Å². The Balaban J connectivity index is 2.04. The van der Waals surface area contributed by atoms with Gasteiger partial charge in [0.05, 0.1) is 0 Å². The quantitative estimate of drug-likeness (QED) is 0.742. The second kappa shape index (κ2) is 5.89. The summed E-state index contributed by atoms with van der Waals surface area (Å²) in [4.78, 5) is 11.8. The lowest BCUT2D eigenvalue weighted by Crippen LogP contribution is -2.04. The van der Waals surface area contributed by atoms with Crippen molar-refractivity contribution in [3.63, 3.8) is 0 Å². The number of halogens is 2. The normalized spacial score (nSPS) is 15.6. The Labute approximate surface area is 106 Å². The van der Waals surface area contributed by atoms with Crippen LogP contribution in [0.25, 0.3) is 0 Å². The summed E-state index contributed by atoms with van der Waals surface area (Å²) in [7, 11) is 0. The van der Waals surface area contributed by atoms with Crippen LogP contribution in [0.5, 0.6) is 0 Å². The van der Waals surface area contributed by atoms with Crippen LogP contribution in [0.3, 0.4) is 0 Å². The van der Waals surface area contributed by atoms with Gasteiger partial charge in [0.2, 0.25) is 0 Å². The van der Waals surface area contributed by atoms with Gasteiger partial charge in [0.1, 0.15) is 11.6 Å². The van der Waals surface area contributed by atoms with Gasteiger partial charge < -0.3 is 0 Å². The predicted molar refractivity (Wildman–Crippen MR) is 66.2 cm³/mol. The molecule has 1 aliphatic rings. The first-order valence-electron chi connectivity index (χ1n) is 6.31. The standard InChI is InChI=1S/C15H16F2O/c16-13-6-7-15(17)12(9-13)10-14(18)8-11-4-2-1-3-5-11/h6-9H,1-5,10H2. The van der Waals surface area contributed by atoms with Crippen molar-refractivity contribution < 1.29 is 13.6 Å². The summed E-state index contributed by atoms with van der Waals surface area (Å²) in [6.07, 6.45) is 6.91. The minimum Gasteiger partial charge on any atom is -0.294 e. The molecular formula is C15H16F2O. The molecule has 0 N–H and O–H groups in total. The van der Waals surface area contributed by atoms with Crippen LogP contribution in [0.1, 0.15) is 37.7 Å². The number of hydrogen-bond donors (Lipinski definition) is 0. The Hall–Kier alpha value is -1.51. The van der Waals surface area contributed by atoms with E-state index in [9.17, 15) is 13.6 Å². The fraction of sp³-hybridized carbons (Fsp3) is 0.400. The number of rotatable bonds is 3. The van der Waals surface area contributed by atoms with Gasteiger partial charge in [-0.2, -0.15) is 0 Å². The van der Waals surface area contributed by atoms with Crippen LogP contribution in [-0.2, 0) is 11.2 Å². The SMILES string of the molecule is O=C(C=C1CCCCC1)Cc1cc(F)ccc1F. The molecule has 0 unspecified atom stereocenters. The average Bonchev–Trinajstić information content (AvgIpc) is 2.35. The van der Waals surface area contributed by atoms with Gasteiger partial charge in [-0.25, -0.2) is 8.78 Å². The molecule has 1 nitrogen and oxygen atoms in total. The molecule has 0 bridgehead atoms. The van der Waals surface area contributed by atoms with Gasteiger partial charge in [-0.1, -0.05) is 12.0 Å². The van der Waals surface area contributed by atoms with E-state index in [4.69, 9.17) is 0 Å². The molecule has 1 aliphatic carbocycles. The Morgan fingerprint density at radius 2 is 1.89 bits per heavy atom. The van der Waals surface area contributed by atoms with Crippen LogP contribution in [0.15, 0.2) is 29.8 Å². The second-order valence-corrected chi connectivity index (χ2v) is 4.74. The number of ketones is 1. The van der Waals surface area contributed by atoms with Crippen molar-refractivity contribution in [1.29, 1.82) is 0 Å². The summed E-state index contributed by atoms with van der Waals surface area (Å²) in [6.45, 7) is 0. The summed E-state index contributed by atoms with van der Waals surface area (Å²) in [5.74, 6) is -1.17. The third-order valence-electron chi connectivity index (χ3n) is 3.23. The zero-order chi connectivity index (χ0) is 13.0. The highest BCUT2D eigenvalue weighted by Gasteiger charge is 2.10. The van der Waals surface area contributed by atoms with Crippen molar-refractivity contribution in [3.8, 4) is 0 Å². The van der Waals surface area contributed by atoms with Gasteiger partial charge in [0.25, 0.3) is 0 Å². The summed E-state index contributed by atoms with van der Waals surface area (Å²) in [5, 5.41) is 0. The fourth-order valence-corrected chi connectivity index (χ4v) is 2.30. The maximum absolute atomic E-state index is 13.4. The number of hydrogen-bond acceptors (Lipinski definition) is 1. The van der Waals surface area contributed by atoms with E-state index in [2.05, 4.69) is 0 Å². The van der Waals surface area contributed by atoms with Gasteiger partial charge in [0.15, 0.2) is 5.78 Å². The van der Waals surface area contributed by atoms with Crippen molar-refractivity contribution in [1.82, 2.24) is 0 Å². The van der Waals surface area contributed by atoms with Crippen molar-refractivity contribution in [2.75, 3.05) is 0 Å². The lowest BCUT2D eigenvalue weighted by molar-refractivity contribution is -0.114. The first-order chi connectivity index (χ1) is 8.65. The van der Waals surface area contributed by atoms with Crippen LogP contribution >= 0.6 is 0 Å². The van der Waals surface area contributed by atoms with Crippen molar-refractivity contribution in [2.24, 2.45) is 0 Å². The van der Waals surface area contributed by atoms with E-state index in [1.54, 1.807) is 6.08 Å². The van der Waals surface area contributed by atoms with E-state index >= 15 is 0 Å². The zero-order valence-corrected chi connectivity index (χ0v) is 10.2. The summed E-state index contributed by atoms with van der Waals surface area (Å²) in [5.41, 5.74) is 1.27. The van der Waals surface area contributed by atoms with E-state index in [0.717, 1.165) is 49.5 Å². The molecule has 0 atom stereocenters. The zero-order valence-electron chi connectivity index (χ0n) is 10.2. The number of carbonyl (C=O) groups excluding carboxylic acids is 1. The van der Waals surface area contributed by atoms with Crippen LogP contribution in [-0.4, -0.2) is 5.78 Å². The third kappa shape index (κ3) is 3.49. The van der Waals surface area contributed by atoms with E-state index < -0.39 is 11.6 Å². The molecule has 0 aromatic heterocycles. The van der Waals surface area contributed by atoms with Crippen molar-refractivity contribution in [2.45, 2.75) is 38.5 Å². The lowest BCUT2D eigenvalue weighted by Gasteiger charge is -2.12. The van der Waals surface area contributed by atoms with Gasteiger partial charge in [-0.15, -0.1) is 0 Å². The summed E-state index contributed by atoms with van der Waals surface area (Å²) < 4.78 is 26.3. The second-order valence-electron chi connectivity index (χ2n) is 4.74. The molecule has 0 saturated heterocycles. The van der Waals surface area contributed by atoms with E-state index in [1.807, 2.05) is 0 Å². The van der Waals surface area contributed by atoms with Crippen LogP contribution in [0, 0.1) is 11.6 Å². The van der Waals surface area contributed by atoms with Crippen LogP contribution < -0.4 is 0 Å². The maximum atomic E-state index is 13.4. The van der Waals surface area contributed by atoms with Crippen molar-refractivity contribution >= 4 is 5.78 Å². The Morgan fingerprint density at radius 1 is 1.17 bits per heavy atom. The van der Waals surface area contributed by atoms with Gasteiger partial charge >= 0.3 is 0 Å². The van der Waals surface area contributed by atoms with Gasteiger partial charge in [-0.3, -0.25) is 4.79 Å². The first-order valence-corrected chi connectivity index (χ1v) is 6.31. The van der Waals surface area contributed by atoms with E-state index in [0.29, 0.717) is 0 Å². The molecule has 0 heterocycles. The molecule has 18 heavy (non-hydrogen) atoms. The third-order valence-corrected chi connectivity index (χ3v) is 3.23. The number of benzene rings is 1. The van der Waals surface area contributed by atoms with Crippen LogP contribution in [0.4, 0.5) is 8.78 Å². The van der Waals surface area contributed by atoms with E-state index in [1.165, 1.54) is 6.42 Å².